The van der Waals surface area contributed by atoms with Crippen LogP contribution in [0.15, 0.2) is 79.1 Å². The van der Waals surface area contributed by atoms with E-state index >= 15 is 0 Å². The lowest BCUT2D eigenvalue weighted by molar-refractivity contribution is 0.252. The number of carbonyl (C=O) groups is 1. The summed E-state index contributed by atoms with van der Waals surface area (Å²) in [6.07, 6.45) is 4.35. The number of nitrogens with one attached hydrogen (secondary N) is 2. The molecule has 0 aliphatic heterocycles. The van der Waals surface area contributed by atoms with Crippen LogP contribution in [0.25, 0.3) is 11.1 Å². The van der Waals surface area contributed by atoms with Crippen LogP contribution in [0.4, 0.5) is 10.5 Å². The highest BCUT2D eigenvalue weighted by Crippen LogP contribution is 2.20. The normalized spacial score (nSPS) is 9.62. The number of anilines is 1. The zero-order valence-electron chi connectivity index (χ0n) is 14.7. The minimum absolute atomic E-state index is 0.192. The van der Waals surface area contributed by atoms with Gasteiger partial charge < -0.3 is 15.7 Å². The van der Waals surface area contributed by atoms with Crippen molar-refractivity contribution in [1.82, 2.24) is 10.3 Å². The van der Waals surface area contributed by atoms with E-state index in [4.69, 9.17) is 5.11 Å². The molecule has 3 rings (SSSR count). The largest absolute Gasteiger partial charge is 0.400 e. The molecule has 134 valence electrons. The van der Waals surface area contributed by atoms with Crippen LogP contribution in [0, 0.1) is 0 Å². The van der Waals surface area contributed by atoms with E-state index in [2.05, 4.69) is 27.8 Å². The van der Waals surface area contributed by atoms with Gasteiger partial charge in [-0.25, -0.2) is 4.79 Å². The molecule has 0 unspecified atom stereocenters. The number of benzene rings is 2. The van der Waals surface area contributed by atoms with Gasteiger partial charge in [-0.2, -0.15) is 0 Å². The fourth-order valence-corrected chi connectivity index (χ4v) is 2.43. The minimum atomic E-state index is -0.192. The van der Waals surface area contributed by atoms with Gasteiger partial charge in [-0.3, -0.25) is 4.98 Å². The lowest BCUT2D eigenvalue weighted by Crippen LogP contribution is -2.30. The second-order valence-electron chi connectivity index (χ2n) is 5.43. The van der Waals surface area contributed by atoms with Gasteiger partial charge in [0.25, 0.3) is 0 Å². The van der Waals surface area contributed by atoms with Crippen molar-refractivity contribution in [2.24, 2.45) is 0 Å². The van der Waals surface area contributed by atoms with Gasteiger partial charge in [0, 0.05) is 31.7 Å². The molecule has 0 saturated carbocycles. The molecular formula is C21H23N3O2. The zero-order valence-corrected chi connectivity index (χ0v) is 14.7. The van der Waals surface area contributed by atoms with E-state index in [0.29, 0.717) is 6.54 Å². The smallest absolute Gasteiger partial charge is 0.319 e. The van der Waals surface area contributed by atoms with Crippen molar-refractivity contribution in [2.75, 3.05) is 19.0 Å². The predicted octanol–water partition coefficient (Wildman–Crippen LogP) is 3.72. The van der Waals surface area contributed by atoms with E-state index in [1.165, 1.54) is 5.56 Å². The summed E-state index contributed by atoms with van der Waals surface area (Å²) in [5.41, 5.74) is 4.17. The lowest BCUT2D eigenvalue weighted by Gasteiger charge is -2.08. The Kier molecular flexibility index (Phi) is 7.83. The fraction of sp³-hybridized carbons (Fsp3) is 0.143. The number of carbonyl (C=O) groups excluding carboxylic acids is 1. The first-order valence-corrected chi connectivity index (χ1v) is 8.35. The van der Waals surface area contributed by atoms with Crippen LogP contribution in [-0.4, -0.2) is 29.8 Å². The van der Waals surface area contributed by atoms with Crippen molar-refractivity contribution in [3.05, 3.63) is 84.7 Å². The van der Waals surface area contributed by atoms with Crippen molar-refractivity contribution in [3.63, 3.8) is 0 Å². The van der Waals surface area contributed by atoms with E-state index in [1.807, 2.05) is 54.6 Å². The summed E-state index contributed by atoms with van der Waals surface area (Å²) in [6, 6.07) is 21.6. The van der Waals surface area contributed by atoms with Crippen LogP contribution < -0.4 is 10.6 Å². The number of pyridine rings is 1. The molecule has 5 heteroatoms. The summed E-state index contributed by atoms with van der Waals surface area (Å²) in [7, 11) is 1.00. The monoisotopic (exact) mass is 349 g/mol. The van der Waals surface area contributed by atoms with Gasteiger partial charge in [-0.15, -0.1) is 0 Å². The molecule has 0 aliphatic carbocycles. The molecule has 0 spiro atoms. The quantitative estimate of drug-likeness (QED) is 0.657. The second kappa shape index (κ2) is 10.6. The van der Waals surface area contributed by atoms with Crippen molar-refractivity contribution in [2.45, 2.75) is 6.42 Å². The first kappa shape index (κ1) is 19.1. The molecule has 1 heterocycles. The molecule has 26 heavy (non-hydrogen) atoms. The number of nitrogens with zero attached hydrogens (tertiary/aromatic N) is 1. The Bertz CT molecular complexity index is 775. The molecule has 0 bridgehead atoms. The Morgan fingerprint density at radius 3 is 2.15 bits per heavy atom. The van der Waals surface area contributed by atoms with Crippen LogP contribution in [0.2, 0.25) is 0 Å². The number of rotatable bonds is 5. The molecule has 0 radical (unpaired) electrons. The molecule has 0 aliphatic rings. The molecule has 3 aromatic rings. The summed E-state index contributed by atoms with van der Waals surface area (Å²) in [4.78, 5) is 15.9. The number of aromatic nitrogens is 1. The molecule has 2 amide bonds. The first-order chi connectivity index (χ1) is 12.8. The molecule has 0 saturated heterocycles. The average molecular weight is 349 g/mol. The van der Waals surface area contributed by atoms with Crippen molar-refractivity contribution in [3.8, 4) is 11.1 Å². The number of aliphatic hydroxyl groups is 1. The summed E-state index contributed by atoms with van der Waals surface area (Å²) < 4.78 is 0. The maximum absolute atomic E-state index is 11.9. The molecule has 3 N–H and O–H groups in total. The third-order valence-electron chi connectivity index (χ3n) is 3.70. The number of hydrogen-bond donors (Lipinski definition) is 3. The molecule has 5 nitrogen and oxygen atoms in total. The van der Waals surface area contributed by atoms with Crippen LogP contribution in [-0.2, 0) is 6.42 Å². The fourth-order valence-electron chi connectivity index (χ4n) is 2.43. The van der Waals surface area contributed by atoms with E-state index in [9.17, 15) is 4.79 Å². The van der Waals surface area contributed by atoms with Crippen molar-refractivity contribution in [1.29, 1.82) is 0 Å². The third-order valence-corrected chi connectivity index (χ3v) is 3.70. The Labute approximate surface area is 153 Å². The summed E-state index contributed by atoms with van der Waals surface area (Å²) in [5.74, 6) is 0. The molecule has 1 aromatic heterocycles. The van der Waals surface area contributed by atoms with E-state index in [-0.39, 0.29) is 6.03 Å². The van der Waals surface area contributed by atoms with Gasteiger partial charge in [-0.1, -0.05) is 42.5 Å². The van der Waals surface area contributed by atoms with Crippen LogP contribution in [0.3, 0.4) is 0 Å². The Balaban J connectivity index is 0.00000117. The lowest BCUT2D eigenvalue weighted by atomic mass is 10.1. The van der Waals surface area contributed by atoms with E-state index in [0.717, 1.165) is 30.3 Å². The highest BCUT2D eigenvalue weighted by atomic mass is 16.2. The number of urea groups is 1. The summed E-state index contributed by atoms with van der Waals surface area (Å²) >= 11 is 0. The van der Waals surface area contributed by atoms with Crippen LogP contribution in [0.1, 0.15) is 5.56 Å². The van der Waals surface area contributed by atoms with Gasteiger partial charge in [0.15, 0.2) is 0 Å². The van der Waals surface area contributed by atoms with Crippen molar-refractivity contribution < 1.29 is 9.90 Å². The second-order valence-corrected chi connectivity index (χ2v) is 5.43. The Hall–Kier alpha value is -3.18. The third kappa shape index (κ3) is 6.03. The van der Waals surface area contributed by atoms with Gasteiger partial charge in [0.1, 0.15) is 0 Å². The number of hydrogen-bond acceptors (Lipinski definition) is 3. The SMILES string of the molecule is CO.O=C(NCCc1ccccc1)Nc1ccc(-c2ccncc2)cc1. The molecule has 0 fully saturated rings. The highest BCUT2D eigenvalue weighted by molar-refractivity contribution is 5.89. The Morgan fingerprint density at radius 1 is 0.885 bits per heavy atom. The maximum Gasteiger partial charge on any atom is 0.319 e. The standard InChI is InChI=1S/C20H19N3O.CH4O/c24-20(22-15-10-16-4-2-1-3-5-16)23-19-8-6-17(7-9-19)18-11-13-21-14-12-18;1-2/h1-9,11-14H,10,15H2,(H2,22,23,24);2H,1H3. The van der Waals surface area contributed by atoms with Gasteiger partial charge in [0.2, 0.25) is 0 Å². The van der Waals surface area contributed by atoms with Gasteiger partial charge in [0.05, 0.1) is 0 Å². The van der Waals surface area contributed by atoms with Crippen LogP contribution >= 0.6 is 0 Å². The van der Waals surface area contributed by atoms with Crippen LogP contribution in [0.5, 0.6) is 0 Å². The first-order valence-electron chi connectivity index (χ1n) is 8.35. The van der Waals surface area contributed by atoms with Gasteiger partial charge in [-0.05, 0) is 47.4 Å². The summed E-state index contributed by atoms with van der Waals surface area (Å²) in [5, 5.41) is 12.7. The zero-order chi connectivity index (χ0) is 18.6. The highest BCUT2D eigenvalue weighted by Gasteiger charge is 2.02. The molecular weight excluding hydrogens is 326 g/mol. The Morgan fingerprint density at radius 2 is 1.50 bits per heavy atom. The summed E-state index contributed by atoms with van der Waals surface area (Å²) in [6.45, 7) is 0.602. The van der Waals surface area contributed by atoms with E-state index < -0.39 is 0 Å². The predicted molar refractivity (Wildman–Crippen MR) is 105 cm³/mol. The topological polar surface area (TPSA) is 74.2 Å². The molecule has 2 aromatic carbocycles. The number of amides is 2. The van der Waals surface area contributed by atoms with E-state index in [1.54, 1.807) is 12.4 Å². The minimum Gasteiger partial charge on any atom is -0.400 e. The van der Waals surface area contributed by atoms with Crippen molar-refractivity contribution >= 4 is 11.7 Å². The van der Waals surface area contributed by atoms with Gasteiger partial charge >= 0.3 is 6.03 Å². The number of aliphatic hydroxyl groups excluding tert-OH is 1. The average Bonchev–Trinajstić information content (AvgIpc) is 2.71. The molecule has 0 atom stereocenters. The maximum atomic E-state index is 11.9.